The minimum absolute atomic E-state index is 0.0225. The van der Waals surface area contributed by atoms with Crippen LogP contribution in [0.3, 0.4) is 0 Å². The summed E-state index contributed by atoms with van der Waals surface area (Å²) in [4.78, 5) is 30.5. The van der Waals surface area contributed by atoms with Crippen molar-refractivity contribution in [2.75, 3.05) is 5.32 Å². The molecule has 1 amide bonds. The Balaban J connectivity index is 1.39. The van der Waals surface area contributed by atoms with Gasteiger partial charge in [-0.05, 0) is 70.6 Å². The van der Waals surface area contributed by atoms with Gasteiger partial charge in [-0.1, -0.05) is 36.4 Å². The SMILES string of the molecule is O=C(NCc1ccc(F)c(F)c1)c1c(Nc2ccc3c(c2)Cc2ccccc2-3)c2cccnc2n(O)c1=O. The first-order chi connectivity index (χ1) is 18.4. The number of nitrogens with zero attached hydrogens (tertiary/aromatic N) is 2. The van der Waals surface area contributed by atoms with Crippen molar-refractivity contribution >= 4 is 28.3 Å². The van der Waals surface area contributed by atoms with E-state index in [9.17, 15) is 23.6 Å². The maximum Gasteiger partial charge on any atom is 0.299 e. The molecule has 1 aliphatic carbocycles. The van der Waals surface area contributed by atoms with Gasteiger partial charge < -0.3 is 15.8 Å². The standard InChI is InChI=1S/C29H20F2N4O3/c30-23-10-7-16(12-24(23)31)15-33-28(36)25-26(22-6-3-11-32-27(22)35(38)29(25)37)34-19-8-9-21-18(14-19)13-17-4-1-2-5-20(17)21/h1-12,14,34,38H,13,15H2,(H,33,36). The summed E-state index contributed by atoms with van der Waals surface area (Å²) in [7, 11) is 0. The summed E-state index contributed by atoms with van der Waals surface area (Å²) in [6, 6.07) is 20.5. The first-order valence-corrected chi connectivity index (χ1v) is 11.8. The van der Waals surface area contributed by atoms with E-state index >= 15 is 0 Å². The van der Waals surface area contributed by atoms with Gasteiger partial charge in [0.25, 0.3) is 11.5 Å². The molecule has 2 heterocycles. The summed E-state index contributed by atoms with van der Waals surface area (Å²) in [5.74, 6) is -2.86. The Bertz CT molecular complexity index is 1820. The quantitative estimate of drug-likeness (QED) is 0.279. The molecule has 0 bridgehead atoms. The van der Waals surface area contributed by atoms with Crippen LogP contribution in [0.5, 0.6) is 0 Å². The van der Waals surface area contributed by atoms with Crippen molar-refractivity contribution in [3.63, 3.8) is 0 Å². The van der Waals surface area contributed by atoms with Crippen molar-refractivity contribution in [3.8, 4) is 11.1 Å². The number of carbonyl (C=O) groups excluding carboxylic acids is 1. The van der Waals surface area contributed by atoms with Crippen LogP contribution in [0.4, 0.5) is 20.2 Å². The van der Waals surface area contributed by atoms with E-state index in [0.29, 0.717) is 21.4 Å². The van der Waals surface area contributed by atoms with E-state index in [4.69, 9.17) is 0 Å². The van der Waals surface area contributed by atoms with Crippen molar-refractivity contribution in [2.24, 2.45) is 0 Å². The topological polar surface area (TPSA) is 96.2 Å². The molecule has 3 aromatic carbocycles. The number of fused-ring (bicyclic) bond motifs is 4. The summed E-state index contributed by atoms with van der Waals surface area (Å²) in [6.45, 7) is -0.164. The summed E-state index contributed by atoms with van der Waals surface area (Å²) in [5, 5.41) is 16.6. The Hall–Kier alpha value is -5.05. The molecule has 1 aliphatic rings. The fraction of sp³-hybridized carbons (Fsp3) is 0.0690. The van der Waals surface area contributed by atoms with E-state index in [1.807, 2.05) is 30.3 Å². The monoisotopic (exact) mass is 510 g/mol. The molecule has 5 aromatic rings. The van der Waals surface area contributed by atoms with Gasteiger partial charge in [0, 0.05) is 23.8 Å². The maximum atomic E-state index is 13.6. The van der Waals surface area contributed by atoms with E-state index in [0.717, 1.165) is 29.7 Å². The Morgan fingerprint density at radius 3 is 2.61 bits per heavy atom. The largest absolute Gasteiger partial charge is 0.423 e. The lowest BCUT2D eigenvalue weighted by atomic mass is 10.0. The lowest BCUT2D eigenvalue weighted by Gasteiger charge is -2.16. The van der Waals surface area contributed by atoms with Crippen molar-refractivity contribution in [3.05, 3.63) is 123 Å². The lowest BCUT2D eigenvalue weighted by Crippen LogP contribution is -2.34. The van der Waals surface area contributed by atoms with Crippen LogP contribution in [0.1, 0.15) is 27.0 Å². The van der Waals surface area contributed by atoms with Crippen molar-refractivity contribution in [1.82, 2.24) is 15.0 Å². The van der Waals surface area contributed by atoms with Gasteiger partial charge in [-0.3, -0.25) is 9.59 Å². The second-order valence-corrected chi connectivity index (χ2v) is 9.00. The molecule has 0 fully saturated rings. The zero-order valence-corrected chi connectivity index (χ0v) is 19.8. The maximum absolute atomic E-state index is 13.6. The zero-order valence-electron chi connectivity index (χ0n) is 19.8. The second kappa shape index (κ2) is 9.11. The molecule has 0 radical (unpaired) electrons. The summed E-state index contributed by atoms with van der Waals surface area (Å²) in [5.41, 5.74) is 4.37. The summed E-state index contributed by atoms with van der Waals surface area (Å²) in [6.07, 6.45) is 2.18. The molecule has 0 aliphatic heterocycles. The minimum Gasteiger partial charge on any atom is -0.423 e. The number of nitrogens with one attached hydrogen (secondary N) is 2. The van der Waals surface area contributed by atoms with E-state index in [2.05, 4.69) is 27.8 Å². The van der Waals surface area contributed by atoms with Gasteiger partial charge in [0.05, 0.1) is 5.69 Å². The number of amides is 1. The third kappa shape index (κ3) is 3.94. The molecule has 38 heavy (non-hydrogen) atoms. The Kier molecular flexibility index (Phi) is 5.60. The first-order valence-electron chi connectivity index (χ1n) is 11.8. The smallest absolute Gasteiger partial charge is 0.299 e. The van der Waals surface area contributed by atoms with Crippen LogP contribution in [0, 0.1) is 11.6 Å². The molecule has 9 heteroatoms. The fourth-order valence-electron chi connectivity index (χ4n) is 4.83. The van der Waals surface area contributed by atoms with Gasteiger partial charge >= 0.3 is 0 Å². The van der Waals surface area contributed by atoms with E-state index in [-0.39, 0.29) is 23.4 Å². The second-order valence-electron chi connectivity index (χ2n) is 9.00. The highest BCUT2D eigenvalue weighted by molar-refractivity contribution is 6.07. The average molecular weight is 511 g/mol. The van der Waals surface area contributed by atoms with Gasteiger partial charge in [-0.15, -0.1) is 4.73 Å². The Morgan fingerprint density at radius 2 is 1.76 bits per heavy atom. The van der Waals surface area contributed by atoms with Crippen molar-refractivity contribution < 1.29 is 18.8 Å². The van der Waals surface area contributed by atoms with E-state index < -0.39 is 23.1 Å². The number of hydrogen-bond donors (Lipinski definition) is 3. The van der Waals surface area contributed by atoms with Gasteiger partial charge in [0.1, 0.15) is 5.56 Å². The van der Waals surface area contributed by atoms with Gasteiger partial charge in [0.2, 0.25) is 0 Å². The molecule has 2 aromatic heterocycles. The van der Waals surface area contributed by atoms with Crippen LogP contribution in [-0.2, 0) is 13.0 Å². The molecule has 0 saturated heterocycles. The molecule has 0 unspecified atom stereocenters. The van der Waals surface area contributed by atoms with Crippen molar-refractivity contribution in [2.45, 2.75) is 13.0 Å². The minimum atomic E-state index is -1.05. The Morgan fingerprint density at radius 1 is 0.947 bits per heavy atom. The van der Waals surface area contributed by atoms with Gasteiger partial charge in [0.15, 0.2) is 17.3 Å². The third-order valence-corrected chi connectivity index (χ3v) is 6.64. The molecule has 0 saturated carbocycles. The number of hydrogen-bond acceptors (Lipinski definition) is 5. The third-order valence-electron chi connectivity index (χ3n) is 6.64. The number of benzene rings is 3. The number of carbonyl (C=O) groups is 1. The molecule has 0 atom stereocenters. The predicted octanol–water partition coefficient (Wildman–Crippen LogP) is 5.16. The number of aromatic nitrogens is 2. The highest BCUT2D eigenvalue weighted by Crippen LogP contribution is 2.38. The molecular formula is C29H20F2N4O3. The van der Waals surface area contributed by atoms with Crippen LogP contribution in [0.15, 0.2) is 83.8 Å². The number of rotatable bonds is 5. The highest BCUT2D eigenvalue weighted by Gasteiger charge is 2.24. The predicted molar refractivity (Wildman–Crippen MR) is 139 cm³/mol. The van der Waals surface area contributed by atoms with Crippen LogP contribution in [0.25, 0.3) is 22.2 Å². The van der Waals surface area contributed by atoms with E-state index in [1.165, 1.54) is 23.4 Å². The number of pyridine rings is 2. The zero-order chi connectivity index (χ0) is 26.4. The van der Waals surface area contributed by atoms with Crippen LogP contribution < -0.4 is 16.2 Å². The molecule has 0 spiro atoms. The van der Waals surface area contributed by atoms with Crippen molar-refractivity contribution in [1.29, 1.82) is 0 Å². The van der Waals surface area contributed by atoms with Crippen LogP contribution >= 0.6 is 0 Å². The molecular weight excluding hydrogens is 490 g/mol. The highest BCUT2D eigenvalue weighted by atomic mass is 19.2. The lowest BCUT2D eigenvalue weighted by molar-refractivity contribution is 0.0944. The summed E-state index contributed by atoms with van der Waals surface area (Å²) < 4.78 is 27.2. The molecule has 6 rings (SSSR count). The molecule has 188 valence electrons. The normalized spacial score (nSPS) is 11.7. The van der Waals surface area contributed by atoms with Gasteiger partial charge in [-0.2, -0.15) is 0 Å². The average Bonchev–Trinajstić information content (AvgIpc) is 3.30. The number of anilines is 2. The fourth-order valence-corrected chi connectivity index (χ4v) is 4.83. The summed E-state index contributed by atoms with van der Waals surface area (Å²) >= 11 is 0. The van der Waals surface area contributed by atoms with Crippen LogP contribution in [-0.4, -0.2) is 20.8 Å². The van der Waals surface area contributed by atoms with Crippen LogP contribution in [0.2, 0.25) is 0 Å². The molecule has 7 nitrogen and oxygen atoms in total. The Labute approximate surface area is 215 Å². The number of halogens is 2. The van der Waals surface area contributed by atoms with E-state index in [1.54, 1.807) is 12.1 Å². The van der Waals surface area contributed by atoms with Gasteiger partial charge in [-0.25, -0.2) is 13.8 Å². The first kappa shape index (κ1) is 23.4. The molecule has 3 N–H and O–H groups in total.